The minimum absolute atomic E-state index is 0.0857. The summed E-state index contributed by atoms with van der Waals surface area (Å²) in [6.45, 7) is 6.26. The summed E-state index contributed by atoms with van der Waals surface area (Å²) in [5.41, 5.74) is 6.16. The van der Waals surface area contributed by atoms with E-state index in [1.54, 1.807) is 6.20 Å². The summed E-state index contributed by atoms with van der Waals surface area (Å²) >= 11 is 0. The zero-order chi connectivity index (χ0) is 15.2. The monoisotopic (exact) mass is 292 g/mol. The molecule has 1 saturated heterocycles. The summed E-state index contributed by atoms with van der Waals surface area (Å²) in [6.07, 6.45) is 1.64. The van der Waals surface area contributed by atoms with Crippen molar-refractivity contribution in [2.75, 3.05) is 58.3 Å². The molecule has 0 radical (unpaired) electrons. The molecule has 7 heteroatoms. The lowest BCUT2D eigenvalue weighted by atomic mass is 10.2. The zero-order valence-corrected chi connectivity index (χ0v) is 12.7. The number of anilines is 1. The number of hydrogen-bond donors (Lipinski definition) is 2. The first-order valence-corrected chi connectivity index (χ1v) is 7.16. The molecule has 1 aromatic rings. The molecule has 3 N–H and O–H groups in total. The van der Waals surface area contributed by atoms with Crippen molar-refractivity contribution in [3.8, 4) is 0 Å². The van der Waals surface area contributed by atoms with Gasteiger partial charge in [-0.15, -0.1) is 0 Å². The summed E-state index contributed by atoms with van der Waals surface area (Å²) in [6, 6.07) is 3.75. The Hall–Kier alpha value is -1.86. The van der Waals surface area contributed by atoms with Crippen molar-refractivity contribution in [2.24, 2.45) is 10.9 Å². The Kier molecular flexibility index (Phi) is 5.35. The van der Waals surface area contributed by atoms with Crippen LogP contribution in [-0.4, -0.2) is 79.2 Å². The minimum Gasteiger partial charge on any atom is -0.409 e. The van der Waals surface area contributed by atoms with Gasteiger partial charge in [0.2, 0.25) is 0 Å². The summed E-state index contributed by atoms with van der Waals surface area (Å²) in [7, 11) is 4.20. The summed E-state index contributed by atoms with van der Waals surface area (Å²) in [5, 5.41) is 11.6. The maximum absolute atomic E-state index is 8.64. The van der Waals surface area contributed by atoms with Crippen molar-refractivity contribution in [2.45, 2.75) is 0 Å². The lowest BCUT2D eigenvalue weighted by Gasteiger charge is -2.35. The van der Waals surface area contributed by atoms with Crippen molar-refractivity contribution >= 4 is 11.7 Å². The zero-order valence-electron chi connectivity index (χ0n) is 12.7. The van der Waals surface area contributed by atoms with Gasteiger partial charge in [0.1, 0.15) is 5.82 Å². The molecular weight excluding hydrogens is 268 g/mol. The number of oxime groups is 1. The molecule has 7 nitrogen and oxygen atoms in total. The standard InChI is InChI=1S/C14H24N6O/c1-18(2)5-6-19-7-9-20(10-8-19)13-4-3-12(11-16-13)14(15)17-21/h3-4,11,21H,5-10H2,1-2H3,(H2,15,17). The SMILES string of the molecule is CN(C)CCN1CCN(c2ccc(C(N)=NO)cn2)CC1. The molecule has 1 aliphatic rings. The van der Waals surface area contributed by atoms with Gasteiger partial charge in [0.05, 0.1) is 0 Å². The number of pyridine rings is 1. The molecule has 0 amide bonds. The van der Waals surface area contributed by atoms with E-state index < -0.39 is 0 Å². The number of nitrogens with two attached hydrogens (primary N) is 1. The molecule has 0 aliphatic carbocycles. The Morgan fingerprint density at radius 1 is 1.33 bits per heavy atom. The van der Waals surface area contributed by atoms with Crippen LogP contribution in [0.25, 0.3) is 0 Å². The van der Waals surface area contributed by atoms with Crippen LogP contribution in [0.15, 0.2) is 23.5 Å². The smallest absolute Gasteiger partial charge is 0.171 e. The third-order valence-electron chi connectivity index (χ3n) is 3.71. The maximum atomic E-state index is 8.64. The van der Waals surface area contributed by atoms with Crippen molar-refractivity contribution in [1.29, 1.82) is 0 Å². The van der Waals surface area contributed by atoms with E-state index in [2.05, 4.69) is 38.9 Å². The van der Waals surface area contributed by atoms with E-state index in [-0.39, 0.29) is 5.84 Å². The molecule has 1 aliphatic heterocycles. The van der Waals surface area contributed by atoms with Crippen molar-refractivity contribution in [3.05, 3.63) is 23.9 Å². The van der Waals surface area contributed by atoms with Crippen LogP contribution >= 0.6 is 0 Å². The quantitative estimate of drug-likeness (QED) is 0.340. The van der Waals surface area contributed by atoms with Crippen LogP contribution in [-0.2, 0) is 0 Å². The third-order valence-corrected chi connectivity index (χ3v) is 3.71. The second kappa shape index (κ2) is 7.24. The van der Waals surface area contributed by atoms with E-state index in [9.17, 15) is 0 Å². The van der Waals surface area contributed by atoms with Crippen LogP contribution in [0.3, 0.4) is 0 Å². The van der Waals surface area contributed by atoms with E-state index >= 15 is 0 Å². The van der Waals surface area contributed by atoms with Gasteiger partial charge in [-0.05, 0) is 26.2 Å². The Morgan fingerprint density at radius 3 is 2.57 bits per heavy atom. The van der Waals surface area contributed by atoms with Gasteiger partial charge in [-0.3, -0.25) is 4.90 Å². The minimum atomic E-state index is 0.0857. The lowest BCUT2D eigenvalue weighted by Crippen LogP contribution is -2.48. The van der Waals surface area contributed by atoms with Gasteiger partial charge in [0, 0.05) is 51.0 Å². The number of hydrogen-bond acceptors (Lipinski definition) is 6. The molecule has 0 atom stereocenters. The summed E-state index contributed by atoms with van der Waals surface area (Å²) in [5.74, 6) is 1.03. The van der Waals surface area contributed by atoms with Gasteiger partial charge in [0.25, 0.3) is 0 Å². The Balaban J connectivity index is 1.87. The van der Waals surface area contributed by atoms with Crippen LogP contribution in [0, 0.1) is 0 Å². The average Bonchev–Trinajstić information content (AvgIpc) is 2.53. The second-order valence-electron chi connectivity index (χ2n) is 5.52. The first-order valence-electron chi connectivity index (χ1n) is 7.16. The van der Waals surface area contributed by atoms with E-state index in [1.165, 1.54) is 0 Å². The molecule has 0 bridgehead atoms. The molecule has 1 aromatic heterocycles. The fourth-order valence-electron chi connectivity index (χ4n) is 2.32. The second-order valence-corrected chi connectivity index (χ2v) is 5.52. The largest absolute Gasteiger partial charge is 0.409 e. The predicted octanol–water partition coefficient (Wildman–Crippen LogP) is -0.140. The van der Waals surface area contributed by atoms with Crippen LogP contribution in [0.2, 0.25) is 0 Å². The number of rotatable bonds is 5. The van der Waals surface area contributed by atoms with Crippen molar-refractivity contribution < 1.29 is 5.21 Å². The molecule has 21 heavy (non-hydrogen) atoms. The van der Waals surface area contributed by atoms with Crippen LogP contribution < -0.4 is 10.6 Å². The maximum Gasteiger partial charge on any atom is 0.171 e. The van der Waals surface area contributed by atoms with E-state index in [0.717, 1.165) is 45.1 Å². The molecule has 116 valence electrons. The third kappa shape index (κ3) is 4.30. The highest BCUT2D eigenvalue weighted by atomic mass is 16.4. The van der Waals surface area contributed by atoms with E-state index in [0.29, 0.717) is 5.56 Å². The van der Waals surface area contributed by atoms with Gasteiger partial charge < -0.3 is 20.7 Å². The Morgan fingerprint density at radius 2 is 2.05 bits per heavy atom. The molecule has 0 saturated carbocycles. The first kappa shape index (κ1) is 15.5. The molecular formula is C14H24N6O. The Labute approximate surface area is 125 Å². The molecule has 2 rings (SSSR count). The highest BCUT2D eigenvalue weighted by Crippen LogP contribution is 2.14. The Bertz CT molecular complexity index is 465. The summed E-state index contributed by atoms with van der Waals surface area (Å²) in [4.78, 5) is 11.3. The van der Waals surface area contributed by atoms with Crippen LogP contribution in [0.1, 0.15) is 5.56 Å². The van der Waals surface area contributed by atoms with Gasteiger partial charge >= 0.3 is 0 Å². The van der Waals surface area contributed by atoms with Gasteiger partial charge in [-0.2, -0.15) is 0 Å². The number of likely N-dealkylation sites (N-methyl/N-ethyl adjacent to an activating group) is 1. The van der Waals surface area contributed by atoms with Gasteiger partial charge in [0.15, 0.2) is 5.84 Å². The number of aromatic nitrogens is 1. The van der Waals surface area contributed by atoms with Gasteiger partial charge in [-0.1, -0.05) is 5.16 Å². The van der Waals surface area contributed by atoms with Crippen LogP contribution in [0.5, 0.6) is 0 Å². The number of amidine groups is 1. The highest BCUT2D eigenvalue weighted by Gasteiger charge is 2.17. The molecule has 0 spiro atoms. The normalized spacial score (nSPS) is 17.5. The van der Waals surface area contributed by atoms with E-state index in [4.69, 9.17) is 10.9 Å². The highest BCUT2D eigenvalue weighted by molar-refractivity contribution is 5.96. The lowest BCUT2D eigenvalue weighted by molar-refractivity contribution is 0.229. The number of piperazine rings is 1. The number of nitrogens with zero attached hydrogens (tertiary/aromatic N) is 5. The van der Waals surface area contributed by atoms with Crippen LogP contribution in [0.4, 0.5) is 5.82 Å². The first-order chi connectivity index (χ1) is 10.1. The summed E-state index contributed by atoms with van der Waals surface area (Å²) < 4.78 is 0. The molecule has 0 unspecified atom stereocenters. The molecule has 0 aromatic carbocycles. The average molecular weight is 292 g/mol. The van der Waals surface area contributed by atoms with Crippen molar-refractivity contribution in [1.82, 2.24) is 14.8 Å². The van der Waals surface area contributed by atoms with E-state index in [1.807, 2.05) is 12.1 Å². The topological polar surface area (TPSA) is 81.2 Å². The molecule has 1 fully saturated rings. The van der Waals surface area contributed by atoms with Crippen molar-refractivity contribution in [3.63, 3.8) is 0 Å². The fraction of sp³-hybridized carbons (Fsp3) is 0.571. The molecule has 2 heterocycles. The fourth-order valence-corrected chi connectivity index (χ4v) is 2.32. The van der Waals surface area contributed by atoms with Gasteiger partial charge in [-0.25, -0.2) is 4.98 Å². The predicted molar refractivity (Wildman–Crippen MR) is 84.0 cm³/mol.